The van der Waals surface area contributed by atoms with Gasteiger partial charge < -0.3 is 16.0 Å². The molecule has 1 aliphatic rings. The lowest BCUT2D eigenvalue weighted by atomic mass is 10.0. The number of amides is 1. The van der Waals surface area contributed by atoms with Crippen LogP contribution in [0.25, 0.3) is 11.0 Å². The number of nitrogens with zero attached hydrogens (tertiary/aromatic N) is 5. The number of nitrogen functional groups attached to an aromatic ring is 1. The van der Waals surface area contributed by atoms with Crippen molar-refractivity contribution >= 4 is 28.7 Å². The van der Waals surface area contributed by atoms with E-state index in [4.69, 9.17) is 5.73 Å². The Balaban J connectivity index is 1.43. The Morgan fingerprint density at radius 1 is 1.22 bits per heavy atom. The number of nitrogens with two attached hydrogens (primary N) is 1. The van der Waals surface area contributed by atoms with Gasteiger partial charge in [-0.25, -0.2) is 0 Å². The first-order valence-corrected chi connectivity index (χ1v) is 9.09. The molecule has 1 aromatic carbocycles. The van der Waals surface area contributed by atoms with E-state index >= 15 is 0 Å². The summed E-state index contributed by atoms with van der Waals surface area (Å²) in [6, 6.07) is 7.79. The third kappa shape index (κ3) is 3.30. The van der Waals surface area contributed by atoms with Crippen LogP contribution in [-0.2, 0) is 7.05 Å². The number of hydrogen-bond acceptors (Lipinski definition) is 6. The first-order valence-electron chi connectivity index (χ1n) is 9.09. The molecule has 0 radical (unpaired) electrons. The summed E-state index contributed by atoms with van der Waals surface area (Å²) in [5.74, 6) is 1.05. The number of anilines is 2. The molecule has 27 heavy (non-hydrogen) atoms. The highest BCUT2D eigenvalue weighted by Gasteiger charge is 2.24. The number of piperidine rings is 1. The number of fused-ring (bicyclic) bond motifs is 1. The minimum absolute atomic E-state index is 0.0108. The molecule has 0 atom stereocenters. The predicted molar refractivity (Wildman–Crippen MR) is 105 cm³/mol. The molecule has 3 aromatic rings. The van der Waals surface area contributed by atoms with Gasteiger partial charge in [-0.05, 0) is 31.4 Å². The van der Waals surface area contributed by atoms with E-state index in [1.165, 1.54) is 0 Å². The van der Waals surface area contributed by atoms with Crippen molar-refractivity contribution in [1.82, 2.24) is 25.1 Å². The van der Waals surface area contributed by atoms with Gasteiger partial charge in [-0.15, -0.1) is 0 Å². The molecule has 4 rings (SSSR count). The quantitative estimate of drug-likeness (QED) is 0.732. The van der Waals surface area contributed by atoms with Crippen LogP contribution in [-0.4, -0.2) is 44.8 Å². The molecule has 1 fully saturated rings. The van der Waals surface area contributed by atoms with Crippen molar-refractivity contribution in [2.75, 3.05) is 23.7 Å². The summed E-state index contributed by atoms with van der Waals surface area (Å²) in [4.78, 5) is 23.7. The van der Waals surface area contributed by atoms with E-state index in [9.17, 15) is 4.79 Å². The minimum atomic E-state index is -0.0108. The number of nitrogens with one attached hydrogen (secondary N) is 1. The largest absolute Gasteiger partial charge is 0.383 e. The second-order valence-corrected chi connectivity index (χ2v) is 6.96. The maximum atomic E-state index is 12.5. The zero-order chi connectivity index (χ0) is 19.0. The molecule has 2 aromatic heterocycles. The minimum Gasteiger partial charge on any atom is -0.383 e. The van der Waals surface area contributed by atoms with Crippen LogP contribution >= 0.6 is 0 Å². The second kappa shape index (κ2) is 6.86. The van der Waals surface area contributed by atoms with Crippen LogP contribution in [0, 0.1) is 6.92 Å². The molecule has 1 saturated heterocycles. The SMILES string of the molecule is Cc1ccccc1C(=O)NC1CCN(c2nc(N)c3cnn(C)c3n2)CC1. The summed E-state index contributed by atoms with van der Waals surface area (Å²) >= 11 is 0. The summed E-state index contributed by atoms with van der Waals surface area (Å²) in [5.41, 5.74) is 8.51. The van der Waals surface area contributed by atoms with Gasteiger partial charge in [-0.1, -0.05) is 18.2 Å². The summed E-state index contributed by atoms with van der Waals surface area (Å²) in [7, 11) is 1.84. The number of carbonyl (C=O) groups excluding carboxylic acids is 1. The fraction of sp³-hybridized carbons (Fsp3) is 0.368. The fourth-order valence-electron chi connectivity index (χ4n) is 3.49. The topological polar surface area (TPSA) is 102 Å². The predicted octanol–water partition coefficient (Wildman–Crippen LogP) is 1.65. The molecule has 0 bridgehead atoms. The van der Waals surface area contributed by atoms with Crippen LogP contribution in [0.4, 0.5) is 11.8 Å². The van der Waals surface area contributed by atoms with E-state index in [0.717, 1.165) is 48.1 Å². The van der Waals surface area contributed by atoms with Gasteiger partial charge in [0.25, 0.3) is 5.91 Å². The van der Waals surface area contributed by atoms with E-state index in [2.05, 4.69) is 25.3 Å². The van der Waals surface area contributed by atoms with Crippen LogP contribution in [0.15, 0.2) is 30.5 Å². The molecule has 8 nitrogen and oxygen atoms in total. The molecule has 0 saturated carbocycles. The summed E-state index contributed by atoms with van der Waals surface area (Å²) in [5, 5.41) is 8.11. The number of hydrogen-bond donors (Lipinski definition) is 2. The van der Waals surface area contributed by atoms with Crippen molar-refractivity contribution in [2.24, 2.45) is 7.05 Å². The average molecular weight is 365 g/mol. The summed E-state index contributed by atoms with van der Waals surface area (Å²) in [6.07, 6.45) is 3.36. The number of aryl methyl sites for hydroxylation is 2. The first kappa shape index (κ1) is 17.3. The molecule has 0 unspecified atom stereocenters. The van der Waals surface area contributed by atoms with Crippen molar-refractivity contribution in [2.45, 2.75) is 25.8 Å². The molecular weight excluding hydrogens is 342 g/mol. The van der Waals surface area contributed by atoms with Crippen molar-refractivity contribution < 1.29 is 4.79 Å². The Bertz CT molecular complexity index is 989. The van der Waals surface area contributed by atoms with Crippen molar-refractivity contribution in [1.29, 1.82) is 0 Å². The van der Waals surface area contributed by atoms with E-state index in [1.54, 1.807) is 10.9 Å². The molecule has 140 valence electrons. The third-order valence-corrected chi connectivity index (χ3v) is 5.11. The van der Waals surface area contributed by atoms with E-state index in [0.29, 0.717) is 11.8 Å². The van der Waals surface area contributed by atoms with Gasteiger partial charge in [0, 0.05) is 31.7 Å². The third-order valence-electron chi connectivity index (χ3n) is 5.11. The number of aromatic nitrogens is 4. The van der Waals surface area contributed by atoms with Crippen LogP contribution in [0.2, 0.25) is 0 Å². The molecule has 1 aliphatic heterocycles. The zero-order valence-corrected chi connectivity index (χ0v) is 15.5. The van der Waals surface area contributed by atoms with Crippen molar-refractivity contribution in [3.63, 3.8) is 0 Å². The second-order valence-electron chi connectivity index (χ2n) is 6.96. The van der Waals surface area contributed by atoms with E-state index in [1.807, 2.05) is 38.2 Å². The van der Waals surface area contributed by atoms with Gasteiger partial charge in [0.2, 0.25) is 5.95 Å². The van der Waals surface area contributed by atoms with Gasteiger partial charge in [0.1, 0.15) is 5.82 Å². The summed E-state index contributed by atoms with van der Waals surface area (Å²) < 4.78 is 1.70. The maximum Gasteiger partial charge on any atom is 0.251 e. The average Bonchev–Trinajstić information content (AvgIpc) is 3.04. The molecule has 3 heterocycles. The lowest BCUT2D eigenvalue weighted by molar-refractivity contribution is 0.0930. The van der Waals surface area contributed by atoms with Crippen molar-refractivity contribution in [3.8, 4) is 0 Å². The molecular formula is C19H23N7O. The van der Waals surface area contributed by atoms with Gasteiger partial charge in [-0.3, -0.25) is 9.48 Å². The highest BCUT2D eigenvalue weighted by atomic mass is 16.1. The molecule has 0 aliphatic carbocycles. The highest BCUT2D eigenvalue weighted by molar-refractivity contribution is 5.95. The molecule has 0 spiro atoms. The highest BCUT2D eigenvalue weighted by Crippen LogP contribution is 2.23. The van der Waals surface area contributed by atoms with Gasteiger partial charge in [0.05, 0.1) is 11.6 Å². The molecule has 3 N–H and O–H groups in total. The van der Waals surface area contributed by atoms with E-state index in [-0.39, 0.29) is 11.9 Å². The maximum absolute atomic E-state index is 12.5. The van der Waals surface area contributed by atoms with Crippen LogP contribution in [0.3, 0.4) is 0 Å². The smallest absolute Gasteiger partial charge is 0.251 e. The van der Waals surface area contributed by atoms with Crippen LogP contribution < -0.4 is 16.0 Å². The van der Waals surface area contributed by atoms with Gasteiger partial charge in [-0.2, -0.15) is 15.1 Å². The van der Waals surface area contributed by atoms with Crippen LogP contribution in [0.5, 0.6) is 0 Å². The lowest BCUT2D eigenvalue weighted by Gasteiger charge is -2.32. The van der Waals surface area contributed by atoms with Gasteiger partial charge >= 0.3 is 0 Å². The Hall–Kier alpha value is -3.16. The number of rotatable bonds is 3. The monoisotopic (exact) mass is 365 g/mol. The molecule has 1 amide bonds. The standard InChI is InChI=1S/C19H23N7O/c1-12-5-3-4-6-14(12)18(27)22-13-7-9-26(10-8-13)19-23-16(20)15-11-21-25(2)17(15)24-19/h3-6,11,13H,7-10H2,1-2H3,(H,22,27)(H2,20,23,24). The van der Waals surface area contributed by atoms with E-state index < -0.39 is 0 Å². The van der Waals surface area contributed by atoms with Crippen LogP contribution in [0.1, 0.15) is 28.8 Å². The Kier molecular flexibility index (Phi) is 4.39. The first-order chi connectivity index (χ1) is 13.0. The number of carbonyl (C=O) groups is 1. The lowest BCUT2D eigenvalue weighted by Crippen LogP contribution is -2.45. The Morgan fingerprint density at radius 3 is 2.70 bits per heavy atom. The van der Waals surface area contributed by atoms with Crippen molar-refractivity contribution in [3.05, 3.63) is 41.6 Å². The number of benzene rings is 1. The summed E-state index contributed by atoms with van der Waals surface area (Å²) in [6.45, 7) is 3.48. The zero-order valence-electron chi connectivity index (χ0n) is 15.5. The Morgan fingerprint density at radius 2 is 1.96 bits per heavy atom. The fourth-order valence-corrected chi connectivity index (χ4v) is 3.49. The Labute approximate surface area is 157 Å². The normalized spacial score (nSPS) is 15.3. The van der Waals surface area contributed by atoms with Gasteiger partial charge in [0.15, 0.2) is 5.65 Å². The molecule has 8 heteroatoms.